The standard InChI is InChI=1S/C15H18N4O/c1-11-8-16-10-18-15(11)19-7-6-17-14(9-19)12-2-4-13(20)5-3-12/h2-5,8,10,14,17,20H,6-7,9H2,1H3. The van der Waals surface area contributed by atoms with E-state index in [9.17, 15) is 5.11 Å². The fraction of sp³-hybridized carbons (Fsp3) is 0.333. The van der Waals surface area contributed by atoms with Crippen LogP contribution in [0, 0.1) is 6.92 Å². The van der Waals surface area contributed by atoms with Crippen molar-refractivity contribution in [2.24, 2.45) is 0 Å². The minimum Gasteiger partial charge on any atom is -0.508 e. The topological polar surface area (TPSA) is 61.3 Å². The van der Waals surface area contributed by atoms with Gasteiger partial charge in [0.2, 0.25) is 0 Å². The van der Waals surface area contributed by atoms with Gasteiger partial charge in [-0.3, -0.25) is 0 Å². The number of phenolic OH excluding ortho intramolecular Hbond substituents is 1. The molecule has 1 aliphatic heterocycles. The minimum atomic E-state index is 0.249. The third-order valence-electron chi connectivity index (χ3n) is 3.64. The molecule has 20 heavy (non-hydrogen) atoms. The number of rotatable bonds is 2. The van der Waals surface area contributed by atoms with Crippen LogP contribution in [-0.4, -0.2) is 34.7 Å². The van der Waals surface area contributed by atoms with E-state index in [0.29, 0.717) is 5.75 Å². The molecule has 0 bridgehead atoms. The summed E-state index contributed by atoms with van der Waals surface area (Å²) >= 11 is 0. The number of aryl methyl sites for hydroxylation is 1. The summed E-state index contributed by atoms with van der Waals surface area (Å²) in [6.45, 7) is 4.75. The Balaban J connectivity index is 1.80. The van der Waals surface area contributed by atoms with Gasteiger partial charge >= 0.3 is 0 Å². The summed E-state index contributed by atoms with van der Waals surface area (Å²) in [6, 6.07) is 7.63. The number of piperazine rings is 1. The molecule has 1 unspecified atom stereocenters. The van der Waals surface area contributed by atoms with Crippen molar-refractivity contribution in [3.05, 3.63) is 47.9 Å². The van der Waals surface area contributed by atoms with Crippen LogP contribution >= 0.6 is 0 Å². The Morgan fingerprint density at radius 3 is 2.85 bits per heavy atom. The van der Waals surface area contributed by atoms with E-state index in [-0.39, 0.29) is 6.04 Å². The van der Waals surface area contributed by atoms with Crippen molar-refractivity contribution < 1.29 is 5.11 Å². The Bertz CT molecular complexity index is 585. The molecule has 1 aromatic carbocycles. The zero-order valence-electron chi connectivity index (χ0n) is 11.5. The molecule has 0 amide bonds. The van der Waals surface area contributed by atoms with Crippen molar-refractivity contribution in [2.75, 3.05) is 24.5 Å². The molecule has 2 aromatic rings. The number of hydrogen-bond donors (Lipinski definition) is 2. The van der Waals surface area contributed by atoms with Gasteiger partial charge in [-0.15, -0.1) is 0 Å². The van der Waals surface area contributed by atoms with E-state index >= 15 is 0 Å². The van der Waals surface area contributed by atoms with Crippen molar-refractivity contribution in [1.82, 2.24) is 15.3 Å². The molecule has 5 nitrogen and oxygen atoms in total. The van der Waals surface area contributed by atoms with Crippen molar-refractivity contribution >= 4 is 5.82 Å². The highest BCUT2D eigenvalue weighted by atomic mass is 16.3. The van der Waals surface area contributed by atoms with E-state index in [1.54, 1.807) is 18.5 Å². The number of aromatic hydroxyl groups is 1. The maximum atomic E-state index is 9.37. The van der Waals surface area contributed by atoms with E-state index in [2.05, 4.69) is 20.2 Å². The normalized spacial score (nSPS) is 19.1. The monoisotopic (exact) mass is 270 g/mol. The van der Waals surface area contributed by atoms with Gasteiger partial charge in [-0.05, 0) is 24.6 Å². The van der Waals surface area contributed by atoms with Crippen LogP contribution in [0.3, 0.4) is 0 Å². The molecule has 1 aromatic heterocycles. The number of nitrogens with one attached hydrogen (secondary N) is 1. The number of anilines is 1. The lowest BCUT2D eigenvalue weighted by molar-refractivity contribution is 0.463. The number of benzene rings is 1. The van der Waals surface area contributed by atoms with Crippen LogP contribution in [0.4, 0.5) is 5.82 Å². The van der Waals surface area contributed by atoms with Crippen LogP contribution in [-0.2, 0) is 0 Å². The van der Waals surface area contributed by atoms with E-state index in [1.807, 2.05) is 25.3 Å². The smallest absolute Gasteiger partial charge is 0.134 e. The first-order valence-electron chi connectivity index (χ1n) is 6.78. The molecule has 5 heteroatoms. The van der Waals surface area contributed by atoms with E-state index in [1.165, 1.54) is 5.56 Å². The molecule has 1 saturated heterocycles. The summed E-state index contributed by atoms with van der Waals surface area (Å²) in [4.78, 5) is 10.7. The summed E-state index contributed by atoms with van der Waals surface area (Å²) in [7, 11) is 0. The van der Waals surface area contributed by atoms with Crippen LogP contribution in [0.15, 0.2) is 36.8 Å². The van der Waals surface area contributed by atoms with Gasteiger partial charge in [0.05, 0.1) is 0 Å². The lowest BCUT2D eigenvalue weighted by atomic mass is 10.0. The Morgan fingerprint density at radius 1 is 1.30 bits per heavy atom. The van der Waals surface area contributed by atoms with Crippen molar-refractivity contribution in [3.8, 4) is 5.75 Å². The SMILES string of the molecule is Cc1cncnc1N1CCNC(c2ccc(O)cc2)C1. The van der Waals surface area contributed by atoms with Gasteiger partial charge in [-0.1, -0.05) is 12.1 Å². The van der Waals surface area contributed by atoms with Gasteiger partial charge in [-0.25, -0.2) is 9.97 Å². The van der Waals surface area contributed by atoms with Crippen LogP contribution in [0.1, 0.15) is 17.2 Å². The van der Waals surface area contributed by atoms with E-state index < -0.39 is 0 Å². The lowest BCUT2D eigenvalue weighted by Gasteiger charge is -2.35. The van der Waals surface area contributed by atoms with Crippen LogP contribution < -0.4 is 10.2 Å². The summed E-state index contributed by atoms with van der Waals surface area (Å²) in [6.07, 6.45) is 3.44. The lowest BCUT2D eigenvalue weighted by Crippen LogP contribution is -2.46. The Kier molecular flexibility index (Phi) is 3.52. The van der Waals surface area contributed by atoms with Crippen molar-refractivity contribution in [1.29, 1.82) is 0 Å². The fourth-order valence-electron chi connectivity index (χ4n) is 2.60. The molecule has 1 aliphatic rings. The predicted octanol–water partition coefficient (Wildman–Crippen LogP) is 1.64. The number of hydrogen-bond acceptors (Lipinski definition) is 5. The molecule has 1 fully saturated rings. The summed E-state index contributed by atoms with van der Waals surface area (Å²) < 4.78 is 0. The Hall–Kier alpha value is -2.14. The van der Waals surface area contributed by atoms with Crippen molar-refractivity contribution in [3.63, 3.8) is 0 Å². The highest BCUT2D eigenvalue weighted by molar-refractivity contribution is 5.46. The first-order chi connectivity index (χ1) is 9.74. The van der Waals surface area contributed by atoms with Gasteiger partial charge in [0, 0.05) is 37.4 Å². The number of phenols is 1. The van der Waals surface area contributed by atoms with Crippen LogP contribution in [0.25, 0.3) is 0 Å². The highest BCUT2D eigenvalue weighted by Gasteiger charge is 2.22. The van der Waals surface area contributed by atoms with Gasteiger partial charge in [0.15, 0.2) is 0 Å². The second kappa shape index (κ2) is 5.46. The Morgan fingerprint density at radius 2 is 2.10 bits per heavy atom. The molecule has 1 atom stereocenters. The average Bonchev–Trinajstić information content (AvgIpc) is 2.49. The third kappa shape index (κ3) is 2.58. The van der Waals surface area contributed by atoms with Gasteiger partial charge < -0.3 is 15.3 Å². The summed E-state index contributed by atoms with van der Waals surface area (Å²) in [5.74, 6) is 1.30. The molecule has 104 valence electrons. The molecule has 2 heterocycles. The minimum absolute atomic E-state index is 0.249. The van der Waals surface area contributed by atoms with E-state index in [4.69, 9.17) is 0 Å². The maximum Gasteiger partial charge on any atom is 0.134 e. The van der Waals surface area contributed by atoms with Gasteiger partial charge in [0.25, 0.3) is 0 Å². The molecular formula is C15H18N4O. The quantitative estimate of drug-likeness (QED) is 0.868. The second-order valence-electron chi connectivity index (χ2n) is 5.07. The molecule has 0 saturated carbocycles. The predicted molar refractivity (Wildman–Crippen MR) is 77.8 cm³/mol. The summed E-state index contributed by atoms with van der Waals surface area (Å²) in [5.41, 5.74) is 2.28. The van der Waals surface area contributed by atoms with Gasteiger partial charge in [-0.2, -0.15) is 0 Å². The maximum absolute atomic E-state index is 9.37. The molecule has 3 rings (SSSR count). The average molecular weight is 270 g/mol. The summed E-state index contributed by atoms with van der Waals surface area (Å²) in [5, 5.41) is 12.9. The van der Waals surface area contributed by atoms with Gasteiger partial charge in [0.1, 0.15) is 17.9 Å². The van der Waals surface area contributed by atoms with Crippen LogP contribution in [0.5, 0.6) is 5.75 Å². The largest absolute Gasteiger partial charge is 0.508 e. The Labute approximate surface area is 118 Å². The fourth-order valence-corrected chi connectivity index (χ4v) is 2.60. The first-order valence-corrected chi connectivity index (χ1v) is 6.78. The zero-order valence-corrected chi connectivity index (χ0v) is 11.5. The molecule has 2 N–H and O–H groups in total. The number of nitrogens with zero attached hydrogens (tertiary/aromatic N) is 3. The number of aromatic nitrogens is 2. The molecular weight excluding hydrogens is 252 g/mol. The molecule has 0 spiro atoms. The molecule has 0 radical (unpaired) electrons. The van der Waals surface area contributed by atoms with Crippen LogP contribution in [0.2, 0.25) is 0 Å². The molecule has 0 aliphatic carbocycles. The zero-order chi connectivity index (χ0) is 13.9. The third-order valence-corrected chi connectivity index (χ3v) is 3.64. The van der Waals surface area contributed by atoms with Crippen molar-refractivity contribution in [2.45, 2.75) is 13.0 Å². The highest BCUT2D eigenvalue weighted by Crippen LogP contribution is 2.23. The first kappa shape index (κ1) is 12.9. The second-order valence-corrected chi connectivity index (χ2v) is 5.07. The van der Waals surface area contributed by atoms with E-state index in [0.717, 1.165) is 31.0 Å².